The number of anilines is 1. The van der Waals surface area contributed by atoms with Crippen LogP contribution >= 0.6 is 0 Å². The van der Waals surface area contributed by atoms with Gasteiger partial charge in [-0.3, -0.25) is 4.79 Å². The van der Waals surface area contributed by atoms with Gasteiger partial charge in [-0.1, -0.05) is 32.1 Å². The number of hydrogen-bond acceptors (Lipinski definition) is 4. The van der Waals surface area contributed by atoms with Gasteiger partial charge in [0.1, 0.15) is 5.41 Å². The highest BCUT2D eigenvalue weighted by Gasteiger charge is 2.39. The summed E-state index contributed by atoms with van der Waals surface area (Å²) in [7, 11) is -3.50. The molecule has 0 spiro atoms. The summed E-state index contributed by atoms with van der Waals surface area (Å²) in [5, 5.41) is 12.3. The number of carbonyl (C=O) groups excluding carboxylic acids is 1. The molecule has 3 rings (SSSR count). The molecule has 0 aromatic heterocycles. The van der Waals surface area contributed by atoms with Crippen LogP contribution in [0.2, 0.25) is 0 Å². The maximum absolute atomic E-state index is 12.8. The van der Waals surface area contributed by atoms with Gasteiger partial charge in [0.05, 0.1) is 11.0 Å². The summed E-state index contributed by atoms with van der Waals surface area (Å²) in [6.07, 6.45) is 7.90. The summed E-state index contributed by atoms with van der Waals surface area (Å²) < 4.78 is 27.2. The van der Waals surface area contributed by atoms with Crippen LogP contribution in [0.15, 0.2) is 29.2 Å². The fourth-order valence-electron chi connectivity index (χ4n) is 3.94. The van der Waals surface area contributed by atoms with Gasteiger partial charge in [-0.2, -0.15) is 9.57 Å². The molecular formula is C20H27N3O3S. The summed E-state index contributed by atoms with van der Waals surface area (Å²) in [5.74, 6) is -0.284. The van der Waals surface area contributed by atoms with Crippen LogP contribution in [0.25, 0.3) is 0 Å². The van der Waals surface area contributed by atoms with Crippen molar-refractivity contribution in [3.8, 4) is 6.07 Å². The first-order valence-corrected chi connectivity index (χ1v) is 11.2. The van der Waals surface area contributed by atoms with E-state index >= 15 is 0 Å². The Hall–Kier alpha value is -1.91. The fourth-order valence-corrected chi connectivity index (χ4v) is 5.45. The van der Waals surface area contributed by atoms with E-state index < -0.39 is 15.4 Å². The van der Waals surface area contributed by atoms with Crippen LogP contribution in [-0.2, 0) is 14.8 Å². The molecule has 146 valence electrons. The van der Waals surface area contributed by atoms with Crippen molar-refractivity contribution >= 4 is 21.6 Å². The van der Waals surface area contributed by atoms with Crippen molar-refractivity contribution in [2.24, 2.45) is 5.41 Å². The summed E-state index contributed by atoms with van der Waals surface area (Å²) in [4.78, 5) is 12.9. The zero-order valence-electron chi connectivity index (χ0n) is 15.6. The van der Waals surface area contributed by atoms with Crippen molar-refractivity contribution in [3.63, 3.8) is 0 Å². The van der Waals surface area contributed by atoms with E-state index in [0.29, 0.717) is 31.6 Å². The molecule has 1 amide bonds. The maximum Gasteiger partial charge on any atom is 0.244 e. The summed E-state index contributed by atoms with van der Waals surface area (Å²) in [5.41, 5.74) is -0.440. The average molecular weight is 390 g/mol. The highest BCUT2D eigenvalue weighted by molar-refractivity contribution is 7.89. The molecule has 0 bridgehead atoms. The van der Waals surface area contributed by atoms with Crippen LogP contribution < -0.4 is 5.32 Å². The Balaban J connectivity index is 1.71. The molecule has 1 heterocycles. The summed E-state index contributed by atoms with van der Waals surface area (Å²) in [6, 6.07) is 8.50. The SMILES string of the molecule is N#CC1(C(=O)Nc2ccc(S(=O)(=O)N3CCCCCC3)cc2)CCCCC1. The predicted molar refractivity (Wildman–Crippen MR) is 103 cm³/mol. The lowest BCUT2D eigenvalue weighted by Crippen LogP contribution is -2.36. The van der Waals surface area contributed by atoms with Gasteiger partial charge in [0.2, 0.25) is 15.9 Å². The van der Waals surface area contributed by atoms with Gasteiger partial charge in [-0.15, -0.1) is 0 Å². The van der Waals surface area contributed by atoms with Crippen molar-refractivity contribution in [1.82, 2.24) is 4.31 Å². The highest BCUT2D eigenvalue weighted by atomic mass is 32.2. The number of amides is 1. The van der Waals surface area contributed by atoms with E-state index in [1.165, 1.54) is 12.1 Å². The minimum absolute atomic E-state index is 0.245. The maximum atomic E-state index is 12.8. The molecule has 1 saturated heterocycles. The van der Waals surface area contributed by atoms with Crippen LogP contribution in [0.1, 0.15) is 57.8 Å². The molecule has 6 nitrogen and oxygen atoms in total. The van der Waals surface area contributed by atoms with Crippen LogP contribution in [0.3, 0.4) is 0 Å². The topological polar surface area (TPSA) is 90.3 Å². The van der Waals surface area contributed by atoms with E-state index in [1.807, 2.05) is 0 Å². The normalized spacial score (nSPS) is 21.0. The van der Waals surface area contributed by atoms with Gasteiger partial charge in [0.25, 0.3) is 0 Å². The van der Waals surface area contributed by atoms with E-state index in [4.69, 9.17) is 0 Å². The number of rotatable bonds is 4. The Morgan fingerprint density at radius 2 is 1.52 bits per heavy atom. The molecule has 2 fully saturated rings. The van der Waals surface area contributed by atoms with Gasteiger partial charge in [-0.25, -0.2) is 8.42 Å². The minimum Gasteiger partial charge on any atom is -0.325 e. The molecule has 1 aliphatic carbocycles. The van der Waals surface area contributed by atoms with E-state index in [-0.39, 0.29) is 10.8 Å². The van der Waals surface area contributed by atoms with Gasteiger partial charge in [0, 0.05) is 18.8 Å². The molecule has 0 radical (unpaired) electrons. The monoisotopic (exact) mass is 389 g/mol. The fraction of sp³-hybridized carbons (Fsp3) is 0.600. The molecule has 1 saturated carbocycles. The second-order valence-corrected chi connectivity index (χ2v) is 9.49. The van der Waals surface area contributed by atoms with Crippen molar-refractivity contribution < 1.29 is 13.2 Å². The zero-order chi connectivity index (χ0) is 19.3. The van der Waals surface area contributed by atoms with E-state index in [9.17, 15) is 18.5 Å². The van der Waals surface area contributed by atoms with Crippen molar-refractivity contribution in [2.75, 3.05) is 18.4 Å². The van der Waals surface area contributed by atoms with Crippen LogP contribution in [0.4, 0.5) is 5.69 Å². The second kappa shape index (κ2) is 8.41. The Morgan fingerprint density at radius 1 is 0.963 bits per heavy atom. The number of benzene rings is 1. The lowest BCUT2D eigenvalue weighted by Gasteiger charge is -2.29. The minimum atomic E-state index is -3.50. The lowest BCUT2D eigenvalue weighted by molar-refractivity contribution is -0.124. The lowest BCUT2D eigenvalue weighted by atomic mass is 9.74. The van der Waals surface area contributed by atoms with E-state index in [1.54, 1.807) is 16.4 Å². The number of carbonyl (C=O) groups is 1. The third kappa shape index (κ3) is 4.33. The number of sulfonamides is 1. The Bertz CT molecular complexity index is 798. The first-order valence-electron chi connectivity index (χ1n) is 9.81. The van der Waals surface area contributed by atoms with Gasteiger partial charge >= 0.3 is 0 Å². The van der Waals surface area contributed by atoms with Crippen molar-refractivity contribution in [3.05, 3.63) is 24.3 Å². The molecule has 0 unspecified atom stereocenters. The molecule has 1 aliphatic heterocycles. The number of nitriles is 1. The van der Waals surface area contributed by atoms with Gasteiger partial charge < -0.3 is 5.32 Å². The smallest absolute Gasteiger partial charge is 0.244 e. The molecule has 0 atom stereocenters. The molecule has 2 aliphatic rings. The first kappa shape index (κ1) is 19.8. The Kier molecular flexibility index (Phi) is 6.18. The van der Waals surface area contributed by atoms with E-state index in [0.717, 1.165) is 44.9 Å². The Labute approximate surface area is 161 Å². The second-order valence-electron chi connectivity index (χ2n) is 7.55. The first-order chi connectivity index (χ1) is 13.0. The molecule has 7 heteroatoms. The molecule has 1 aromatic rings. The molecular weight excluding hydrogens is 362 g/mol. The molecule has 1 N–H and O–H groups in total. The molecule has 27 heavy (non-hydrogen) atoms. The third-order valence-electron chi connectivity index (χ3n) is 5.67. The van der Waals surface area contributed by atoms with Crippen LogP contribution in [0.5, 0.6) is 0 Å². The highest BCUT2D eigenvalue weighted by Crippen LogP contribution is 2.36. The van der Waals surface area contributed by atoms with Crippen molar-refractivity contribution in [2.45, 2.75) is 62.7 Å². The quantitative estimate of drug-likeness (QED) is 0.851. The number of hydrogen-bond donors (Lipinski definition) is 1. The van der Waals surface area contributed by atoms with Gasteiger partial charge in [-0.05, 0) is 49.9 Å². The van der Waals surface area contributed by atoms with Crippen molar-refractivity contribution in [1.29, 1.82) is 5.26 Å². The Morgan fingerprint density at radius 3 is 2.07 bits per heavy atom. The third-order valence-corrected chi connectivity index (χ3v) is 7.58. The number of nitrogens with zero attached hydrogens (tertiary/aromatic N) is 2. The summed E-state index contributed by atoms with van der Waals surface area (Å²) in [6.45, 7) is 1.12. The van der Waals surface area contributed by atoms with Crippen LogP contribution in [0, 0.1) is 16.7 Å². The van der Waals surface area contributed by atoms with Crippen LogP contribution in [-0.4, -0.2) is 31.7 Å². The summed E-state index contributed by atoms with van der Waals surface area (Å²) >= 11 is 0. The van der Waals surface area contributed by atoms with Gasteiger partial charge in [0.15, 0.2) is 0 Å². The van der Waals surface area contributed by atoms with E-state index in [2.05, 4.69) is 11.4 Å². The largest absolute Gasteiger partial charge is 0.325 e. The predicted octanol–water partition coefficient (Wildman–Crippen LogP) is 3.66. The zero-order valence-corrected chi connectivity index (χ0v) is 16.4. The average Bonchev–Trinajstić information content (AvgIpc) is 2.99. The molecule has 1 aromatic carbocycles. The standard InChI is InChI=1S/C20H27N3O3S/c21-16-20(12-4-3-5-13-20)19(24)22-17-8-10-18(11-9-17)27(25,26)23-14-6-1-2-7-15-23/h8-11H,1-7,12-15H2,(H,22,24). The number of nitrogens with one attached hydrogen (secondary N) is 1.